The van der Waals surface area contributed by atoms with E-state index in [9.17, 15) is 4.79 Å². The molecule has 1 amide bonds. The van der Waals surface area contributed by atoms with Gasteiger partial charge in [0.2, 0.25) is 5.91 Å². The van der Waals surface area contributed by atoms with Crippen LogP contribution >= 0.6 is 0 Å². The van der Waals surface area contributed by atoms with Gasteiger partial charge in [-0.15, -0.1) is 0 Å². The highest BCUT2D eigenvalue weighted by Gasteiger charge is 2.70. The number of nitrogens with two attached hydrogens (primary N) is 1. The van der Waals surface area contributed by atoms with Crippen LogP contribution in [0.25, 0.3) is 0 Å². The van der Waals surface area contributed by atoms with Crippen molar-refractivity contribution in [2.45, 2.75) is 77.5 Å². The fourth-order valence-electron chi connectivity index (χ4n) is 4.90. The molecule has 4 atom stereocenters. The van der Waals surface area contributed by atoms with E-state index in [0.29, 0.717) is 5.41 Å². The number of fused-ring (bicyclic) bond motifs is 1. The maximum atomic E-state index is 12.9. The largest absolute Gasteiger partial charge is 0.377 e. The first-order valence-corrected chi connectivity index (χ1v) is 8.40. The molecular weight excluding hydrogens is 264 g/mol. The standard InChI is InChI=1S/C17H30N2O2/c1-15(2)8-7-11(10-15)19-14(20)17(18)12-6-5-9-21-13(12)16(17,3)4/h11-13H,5-10,18H2,1-4H3,(H,19,20). The van der Waals surface area contributed by atoms with Crippen LogP contribution in [0.5, 0.6) is 0 Å². The molecule has 2 saturated carbocycles. The Balaban J connectivity index is 1.71. The Kier molecular flexibility index (Phi) is 3.42. The summed E-state index contributed by atoms with van der Waals surface area (Å²) in [5.74, 6) is 0.220. The van der Waals surface area contributed by atoms with Gasteiger partial charge in [0, 0.05) is 24.0 Å². The van der Waals surface area contributed by atoms with E-state index < -0.39 is 5.54 Å². The second-order valence-electron chi connectivity index (χ2n) is 8.71. The summed E-state index contributed by atoms with van der Waals surface area (Å²) >= 11 is 0. The van der Waals surface area contributed by atoms with E-state index in [-0.39, 0.29) is 29.4 Å². The van der Waals surface area contributed by atoms with Crippen molar-refractivity contribution in [3.05, 3.63) is 0 Å². The summed E-state index contributed by atoms with van der Waals surface area (Å²) in [7, 11) is 0. The lowest BCUT2D eigenvalue weighted by Crippen LogP contribution is -2.82. The van der Waals surface area contributed by atoms with E-state index >= 15 is 0 Å². The average Bonchev–Trinajstić information content (AvgIpc) is 2.76. The Morgan fingerprint density at radius 2 is 1.95 bits per heavy atom. The summed E-state index contributed by atoms with van der Waals surface area (Å²) in [4.78, 5) is 12.9. The third-order valence-electron chi connectivity index (χ3n) is 6.36. The highest BCUT2D eigenvalue weighted by atomic mass is 16.5. The van der Waals surface area contributed by atoms with Crippen LogP contribution in [-0.4, -0.2) is 30.2 Å². The quantitative estimate of drug-likeness (QED) is 0.820. The van der Waals surface area contributed by atoms with E-state index in [0.717, 1.165) is 32.3 Å². The Morgan fingerprint density at radius 1 is 1.24 bits per heavy atom. The summed E-state index contributed by atoms with van der Waals surface area (Å²) in [6.07, 6.45) is 5.46. The average molecular weight is 294 g/mol. The highest BCUT2D eigenvalue weighted by Crippen LogP contribution is 2.57. The minimum atomic E-state index is -0.773. The normalized spacial score (nSPS) is 43.8. The van der Waals surface area contributed by atoms with Crippen molar-refractivity contribution in [3.8, 4) is 0 Å². The van der Waals surface area contributed by atoms with Crippen molar-refractivity contribution >= 4 is 5.91 Å². The van der Waals surface area contributed by atoms with Crippen LogP contribution in [0.1, 0.15) is 59.8 Å². The lowest BCUT2D eigenvalue weighted by atomic mass is 9.46. The summed E-state index contributed by atoms with van der Waals surface area (Å²) < 4.78 is 5.88. The molecule has 0 aromatic rings. The van der Waals surface area contributed by atoms with Crippen LogP contribution in [-0.2, 0) is 9.53 Å². The zero-order valence-electron chi connectivity index (χ0n) is 13.9. The van der Waals surface area contributed by atoms with E-state index in [1.54, 1.807) is 0 Å². The van der Waals surface area contributed by atoms with Crippen LogP contribution in [0.4, 0.5) is 0 Å². The van der Waals surface area contributed by atoms with Crippen LogP contribution in [0.15, 0.2) is 0 Å². The number of carbonyl (C=O) groups is 1. The molecule has 120 valence electrons. The van der Waals surface area contributed by atoms with Gasteiger partial charge < -0.3 is 15.8 Å². The monoisotopic (exact) mass is 294 g/mol. The fourth-order valence-corrected chi connectivity index (χ4v) is 4.90. The van der Waals surface area contributed by atoms with Gasteiger partial charge in [0.1, 0.15) is 5.54 Å². The van der Waals surface area contributed by atoms with Crippen molar-refractivity contribution in [1.82, 2.24) is 5.32 Å². The van der Waals surface area contributed by atoms with E-state index in [1.165, 1.54) is 6.42 Å². The van der Waals surface area contributed by atoms with Gasteiger partial charge >= 0.3 is 0 Å². The molecule has 0 spiro atoms. The van der Waals surface area contributed by atoms with Crippen LogP contribution in [0.2, 0.25) is 0 Å². The molecule has 4 heteroatoms. The fraction of sp³-hybridized carbons (Fsp3) is 0.941. The number of carbonyl (C=O) groups excluding carboxylic acids is 1. The van der Waals surface area contributed by atoms with Gasteiger partial charge in [0.05, 0.1) is 6.10 Å². The maximum Gasteiger partial charge on any atom is 0.241 e. The lowest BCUT2D eigenvalue weighted by molar-refractivity contribution is -0.225. The topological polar surface area (TPSA) is 64.4 Å². The van der Waals surface area contributed by atoms with Crippen molar-refractivity contribution in [2.75, 3.05) is 6.61 Å². The smallest absolute Gasteiger partial charge is 0.241 e. The van der Waals surface area contributed by atoms with Gasteiger partial charge in [0.25, 0.3) is 0 Å². The van der Waals surface area contributed by atoms with Crippen molar-refractivity contribution in [2.24, 2.45) is 22.5 Å². The minimum Gasteiger partial charge on any atom is -0.377 e. The minimum absolute atomic E-state index is 0.0435. The number of hydrogen-bond acceptors (Lipinski definition) is 3. The predicted octanol–water partition coefficient (Wildman–Crippen LogP) is 2.21. The van der Waals surface area contributed by atoms with E-state index in [4.69, 9.17) is 10.5 Å². The van der Waals surface area contributed by atoms with E-state index in [1.807, 2.05) is 0 Å². The Bertz CT molecular complexity index is 446. The molecule has 3 fully saturated rings. The summed E-state index contributed by atoms with van der Waals surface area (Å²) in [6.45, 7) is 9.51. The number of amides is 1. The van der Waals surface area contributed by atoms with Gasteiger partial charge in [-0.1, -0.05) is 27.7 Å². The molecule has 1 saturated heterocycles. The molecule has 3 N–H and O–H groups in total. The number of rotatable bonds is 2. The van der Waals surface area contributed by atoms with Gasteiger partial charge in [-0.2, -0.15) is 0 Å². The molecule has 1 aliphatic heterocycles. The summed E-state index contributed by atoms with van der Waals surface area (Å²) in [5, 5.41) is 3.25. The Labute approximate surface area is 128 Å². The molecule has 3 rings (SSSR count). The zero-order chi connectivity index (χ0) is 15.5. The SMILES string of the molecule is CC1(C)CCC(NC(=O)C2(N)C3CCCOC3C2(C)C)C1. The van der Waals surface area contributed by atoms with Gasteiger partial charge in [-0.3, -0.25) is 4.79 Å². The third kappa shape index (κ3) is 2.14. The number of hydrogen-bond donors (Lipinski definition) is 2. The zero-order valence-corrected chi connectivity index (χ0v) is 13.9. The first-order valence-electron chi connectivity index (χ1n) is 8.40. The molecular formula is C17H30N2O2. The van der Waals surface area contributed by atoms with Crippen LogP contribution in [0, 0.1) is 16.7 Å². The summed E-state index contributed by atoms with van der Waals surface area (Å²) in [5.41, 5.74) is 5.92. The third-order valence-corrected chi connectivity index (χ3v) is 6.36. The molecule has 0 radical (unpaired) electrons. The molecule has 0 aromatic heterocycles. The van der Waals surface area contributed by atoms with Crippen molar-refractivity contribution < 1.29 is 9.53 Å². The van der Waals surface area contributed by atoms with Crippen LogP contribution in [0.3, 0.4) is 0 Å². The lowest BCUT2D eigenvalue weighted by Gasteiger charge is -2.65. The van der Waals surface area contributed by atoms with Crippen LogP contribution < -0.4 is 11.1 Å². The molecule has 0 bridgehead atoms. The second-order valence-corrected chi connectivity index (χ2v) is 8.71. The predicted molar refractivity (Wildman–Crippen MR) is 82.7 cm³/mol. The van der Waals surface area contributed by atoms with Crippen molar-refractivity contribution in [3.63, 3.8) is 0 Å². The first-order chi connectivity index (χ1) is 9.68. The maximum absolute atomic E-state index is 12.9. The second kappa shape index (κ2) is 4.69. The van der Waals surface area contributed by atoms with E-state index in [2.05, 4.69) is 33.0 Å². The molecule has 2 aliphatic carbocycles. The van der Waals surface area contributed by atoms with Gasteiger partial charge in [-0.25, -0.2) is 0 Å². The molecule has 0 aromatic carbocycles. The molecule has 21 heavy (non-hydrogen) atoms. The Morgan fingerprint density at radius 3 is 2.57 bits per heavy atom. The number of ether oxygens (including phenoxy) is 1. The highest BCUT2D eigenvalue weighted by molar-refractivity contribution is 5.89. The molecule has 4 nitrogen and oxygen atoms in total. The Hall–Kier alpha value is -0.610. The molecule has 4 unspecified atom stereocenters. The molecule has 3 aliphatic rings. The molecule has 1 heterocycles. The summed E-state index contributed by atoms with van der Waals surface area (Å²) in [6, 6.07) is 0.285. The van der Waals surface area contributed by atoms with Crippen molar-refractivity contribution in [1.29, 1.82) is 0 Å². The van der Waals surface area contributed by atoms with Gasteiger partial charge in [0.15, 0.2) is 0 Å². The first kappa shape index (κ1) is 15.3. The van der Waals surface area contributed by atoms with Gasteiger partial charge in [-0.05, 0) is 37.5 Å². The number of nitrogens with one attached hydrogen (secondary N) is 1.